The number of benzene rings is 2. The largest absolute Gasteiger partial charge is 0.478 e. The average molecular weight is 392 g/mol. The maximum Gasteiger partial charge on any atom is 0.335 e. The third-order valence-electron chi connectivity index (χ3n) is 4.43. The number of anilines is 1. The fraction of sp³-hybridized carbons (Fsp3) is 0.0909. The van der Waals surface area contributed by atoms with Gasteiger partial charge in [-0.2, -0.15) is 5.10 Å². The van der Waals surface area contributed by atoms with Crippen molar-refractivity contribution in [2.45, 2.75) is 13.5 Å². The first kappa shape index (κ1) is 19.9. The van der Waals surface area contributed by atoms with E-state index in [9.17, 15) is 9.18 Å². The molecule has 0 fully saturated rings. The van der Waals surface area contributed by atoms with Crippen LogP contribution in [0.5, 0.6) is 0 Å². The Morgan fingerprint density at radius 1 is 1.28 bits per heavy atom. The quantitative estimate of drug-likeness (QED) is 0.530. The second-order valence-corrected chi connectivity index (χ2v) is 6.51. The number of nitrogens with zero attached hydrogens (tertiary/aromatic N) is 2. The molecule has 0 amide bonds. The van der Waals surface area contributed by atoms with Gasteiger partial charge in [0.15, 0.2) is 0 Å². The van der Waals surface area contributed by atoms with E-state index in [4.69, 9.17) is 10.8 Å². The van der Waals surface area contributed by atoms with E-state index in [1.54, 1.807) is 42.6 Å². The molecular weight excluding hydrogens is 371 g/mol. The maximum atomic E-state index is 14.1. The number of halogens is 1. The topological polar surface area (TPSA) is 93.2 Å². The zero-order valence-corrected chi connectivity index (χ0v) is 15.9. The molecule has 1 aromatic heterocycles. The summed E-state index contributed by atoms with van der Waals surface area (Å²) < 4.78 is 15.6. The van der Waals surface area contributed by atoms with Crippen LogP contribution < -0.4 is 11.1 Å². The SMILES string of the molecule is C=C(/C=C(/NCc1ccc(C(=O)O)cc1)n1ncc(C)c1N)c1ccccc1F. The minimum absolute atomic E-state index is 0.212. The van der Waals surface area contributed by atoms with E-state index in [0.717, 1.165) is 11.1 Å². The zero-order chi connectivity index (χ0) is 21.0. The van der Waals surface area contributed by atoms with E-state index in [2.05, 4.69) is 17.0 Å². The van der Waals surface area contributed by atoms with E-state index in [1.807, 2.05) is 6.92 Å². The van der Waals surface area contributed by atoms with Gasteiger partial charge in [0.2, 0.25) is 0 Å². The molecule has 6 nitrogen and oxygen atoms in total. The first-order valence-corrected chi connectivity index (χ1v) is 8.89. The number of nitrogens with one attached hydrogen (secondary N) is 1. The van der Waals surface area contributed by atoms with Gasteiger partial charge >= 0.3 is 5.97 Å². The first-order chi connectivity index (χ1) is 13.9. The van der Waals surface area contributed by atoms with Gasteiger partial charge in [-0.15, -0.1) is 0 Å². The van der Waals surface area contributed by atoms with Gasteiger partial charge in [0.1, 0.15) is 17.5 Å². The van der Waals surface area contributed by atoms with E-state index in [0.29, 0.717) is 29.3 Å². The van der Waals surface area contributed by atoms with Crippen LogP contribution in [0.15, 0.2) is 67.4 Å². The molecular formula is C22H21FN4O2. The summed E-state index contributed by atoms with van der Waals surface area (Å²) in [5.41, 5.74) is 8.83. The summed E-state index contributed by atoms with van der Waals surface area (Å²) in [6, 6.07) is 12.9. The zero-order valence-electron chi connectivity index (χ0n) is 15.9. The number of rotatable bonds is 7. The molecule has 3 aromatic rings. The van der Waals surface area contributed by atoms with Crippen LogP contribution in [0, 0.1) is 12.7 Å². The molecule has 0 aliphatic heterocycles. The molecule has 1 heterocycles. The van der Waals surface area contributed by atoms with Crippen LogP contribution in [0.4, 0.5) is 10.2 Å². The van der Waals surface area contributed by atoms with Crippen LogP contribution in [0.2, 0.25) is 0 Å². The van der Waals surface area contributed by atoms with Crippen molar-refractivity contribution in [1.82, 2.24) is 15.1 Å². The molecule has 0 atom stereocenters. The van der Waals surface area contributed by atoms with E-state index in [-0.39, 0.29) is 11.4 Å². The summed E-state index contributed by atoms with van der Waals surface area (Å²) in [5, 5.41) is 16.5. The average Bonchev–Trinajstić information content (AvgIpc) is 3.04. The molecule has 0 bridgehead atoms. The van der Waals surface area contributed by atoms with Gasteiger partial charge in [0.25, 0.3) is 0 Å². The third kappa shape index (κ3) is 4.52. The van der Waals surface area contributed by atoms with Gasteiger partial charge in [0.05, 0.1) is 11.8 Å². The number of carbonyl (C=O) groups is 1. The van der Waals surface area contributed by atoms with Crippen LogP contribution in [0.25, 0.3) is 11.4 Å². The van der Waals surface area contributed by atoms with Crippen molar-refractivity contribution in [3.8, 4) is 0 Å². The van der Waals surface area contributed by atoms with Crippen LogP contribution in [-0.2, 0) is 6.54 Å². The Bertz CT molecular complexity index is 1080. The molecule has 29 heavy (non-hydrogen) atoms. The number of nitrogens with two attached hydrogens (primary N) is 1. The number of hydrogen-bond acceptors (Lipinski definition) is 4. The minimum Gasteiger partial charge on any atom is -0.478 e. The lowest BCUT2D eigenvalue weighted by molar-refractivity contribution is 0.0697. The van der Waals surface area contributed by atoms with Crippen molar-refractivity contribution < 1.29 is 14.3 Å². The fourth-order valence-electron chi connectivity index (χ4n) is 2.74. The molecule has 7 heteroatoms. The highest BCUT2D eigenvalue weighted by Gasteiger charge is 2.11. The number of nitrogen functional groups attached to an aromatic ring is 1. The number of aromatic carboxylic acids is 1. The number of allylic oxidation sites excluding steroid dienone is 2. The summed E-state index contributed by atoms with van der Waals surface area (Å²) in [6.07, 6.45) is 3.31. The van der Waals surface area contributed by atoms with Gasteiger partial charge in [-0.3, -0.25) is 0 Å². The summed E-state index contributed by atoms with van der Waals surface area (Å²) in [7, 11) is 0. The molecule has 0 saturated carbocycles. The first-order valence-electron chi connectivity index (χ1n) is 8.89. The van der Waals surface area contributed by atoms with Gasteiger partial charge in [-0.25, -0.2) is 13.9 Å². The van der Waals surface area contributed by atoms with Crippen LogP contribution in [0.1, 0.15) is 27.0 Å². The number of aryl methyl sites for hydroxylation is 1. The number of aromatic nitrogens is 2. The summed E-state index contributed by atoms with van der Waals surface area (Å²) in [4.78, 5) is 11.0. The lowest BCUT2D eigenvalue weighted by atomic mass is 10.1. The van der Waals surface area contributed by atoms with Gasteiger partial charge in [-0.1, -0.05) is 36.9 Å². The van der Waals surface area contributed by atoms with Gasteiger partial charge in [-0.05, 0) is 42.3 Å². The molecule has 0 unspecified atom stereocenters. The molecule has 2 aromatic carbocycles. The number of carboxylic acid groups (broad SMARTS) is 1. The Balaban J connectivity index is 1.89. The summed E-state index contributed by atoms with van der Waals surface area (Å²) >= 11 is 0. The maximum absolute atomic E-state index is 14.1. The van der Waals surface area contributed by atoms with Crippen LogP contribution in [-0.4, -0.2) is 20.9 Å². The Morgan fingerprint density at radius 2 is 1.97 bits per heavy atom. The van der Waals surface area contributed by atoms with Gasteiger partial charge < -0.3 is 16.2 Å². The second kappa shape index (κ2) is 8.43. The summed E-state index contributed by atoms with van der Waals surface area (Å²) in [6.45, 7) is 6.19. The standard InChI is InChI=1S/C22H21FN4O2/c1-14(18-5-3-4-6-19(18)23)11-20(27-21(24)15(2)12-26-27)25-13-16-7-9-17(10-8-16)22(28)29/h3-12,25H,1,13,24H2,2H3,(H,28,29)/b20-11-. The van der Waals surface area contributed by atoms with Crippen molar-refractivity contribution >= 4 is 23.2 Å². The fourth-order valence-corrected chi connectivity index (χ4v) is 2.74. The predicted molar refractivity (Wildman–Crippen MR) is 111 cm³/mol. The van der Waals surface area contributed by atoms with Crippen molar-refractivity contribution in [3.05, 3.63) is 95.5 Å². The highest BCUT2D eigenvalue weighted by Crippen LogP contribution is 2.22. The van der Waals surface area contributed by atoms with Crippen molar-refractivity contribution in [1.29, 1.82) is 0 Å². The normalized spacial score (nSPS) is 11.3. The molecule has 0 radical (unpaired) electrons. The molecule has 4 N–H and O–H groups in total. The molecule has 148 valence electrons. The number of hydrogen-bond donors (Lipinski definition) is 3. The monoisotopic (exact) mass is 392 g/mol. The third-order valence-corrected chi connectivity index (χ3v) is 4.43. The van der Waals surface area contributed by atoms with Crippen molar-refractivity contribution in [2.24, 2.45) is 0 Å². The van der Waals surface area contributed by atoms with E-state index >= 15 is 0 Å². The van der Waals surface area contributed by atoms with Crippen molar-refractivity contribution in [2.75, 3.05) is 5.73 Å². The Morgan fingerprint density at radius 3 is 2.55 bits per heavy atom. The molecule has 0 aliphatic carbocycles. The Kier molecular flexibility index (Phi) is 5.78. The second-order valence-electron chi connectivity index (χ2n) is 6.51. The molecule has 0 aliphatic rings. The highest BCUT2D eigenvalue weighted by molar-refractivity contribution is 5.87. The molecule has 0 spiro atoms. The predicted octanol–water partition coefficient (Wildman–Crippen LogP) is 3.91. The van der Waals surface area contributed by atoms with Crippen LogP contribution in [0.3, 0.4) is 0 Å². The minimum atomic E-state index is -0.980. The van der Waals surface area contributed by atoms with Crippen LogP contribution >= 0.6 is 0 Å². The van der Waals surface area contributed by atoms with E-state index in [1.165, 1.54) is 22.9 Å². The molecule has 0 saturated heterocycles. The highest BCUT2D eigenvalue weighted by atomic mass is 19.1. The lowest BCUT2D eigenvalue weighted by Crippen LogP contribution is -2.19. The smallest absolute Gasteiger partial charge is 0.335 e. The molecule has 3 rings (SSSR count). The summed E-state index contributed by atoms with van der Waals surface area (Å²) in [5.74, 6) is -0.384. The Hall–Kier alpha value is -3.87. The van der Waals surface area contributed by atoms with Crippen molar-refractivity contribution in [3.63, 3.8) is 0 Å². The lowest BCUT2D eigenvalue weighted by Gasteiger charge is -2.14. The Labute approximate surface area is 167 Å². The van der Waals surface area contributed by atoms with Gasteiger partial charge in [0, 0.05) is 17.7 Å². The number of carboxylic acids is 1. The van der Waals surface area contributed by atoms with E-state index < -0.39 is 5.97 Å².